The molecule has 1 fully saturated rings. The van der Waals surface area contributed by atoms with E-state index in [0.29, 0.717) is 41.1 Å². The number of amides is 1. The standard InChI is InChI=1S/C24H30N4O4S/c1-24(2,3)12-20-21-18(11-19(17-9-10-17)27-23(21)32-28-20)22(29)26-13-15-5-7-16(8-6-15)14-33(30,31)25-4/h5-8,11,17,25H,9-10,12-14H2,1-4H3,(H,26,29). The number of nitrogens with one attached hydrogen (secondary N) is 2. The van der Waals surface area contributed by atoms with Crippen LogP contribution in [0.2, 0.25) is 0 Å². The van der Waals surface area contributed by atoms with Gasteiger partial charge in [0.25, 0.3) is 11.6 Å². The highest BCUT2D eigenvalue weighted by atomic mass is 32.2. The summed E-state index contributed by atoms with van der Waals surface area (Å²) in [6.45, 7) is 6.67. The van der Waals surface area contributed by atoms with Crippen molar-refractivity contribution >= 4 is 27.0 Å². The Kier molecular flexibility index (Phi) is 6.28. The number of carbonyl (C=O) groups excluding carboxylic acids is 1. The molecule has 4 rings (SSSR count). The van der Waals surface area contributed by atoms with Gasteiger partial charge in [0.1, 0.15) is 0 Å². The van der Waals surface area contributed by atoms with Crippen molar-refractivity contribution in [3.05, 3.63) is 58.4 Å². The van der Waals surface area contributed by atoms with Crippen LogP contribution in [0.5, 0.6) is 0 Å². The topological polar surface area (TPSA) is 114 Å². The predicted octanol–water partition coefficient (Wildman–Crippen LogP) is 3.67. The van der Waals surface area contributed by atoms with Gasteiger partial charge in [-0.25, -0.2) is 18.1 Å². The van der Waals surface area contributed by atoms with Crippen LogP contribution < -0.4 is 10.0 Å². The third-order valence-electron chi connectivity index (χ3n) is 5.62. The fourth-order valence-electron chi connectivity index (χ4n) is 3.74. The molecule has 2 heterocycles. The van der Waals surface area contributed by atoms with Crippen molar-refractivity contribution in [1.29, 1.82) is 0 Å². The molecule has 1 saturated carbocycles. The summed E-state index contributed by atoms with van der Waals surface area (Å²) in [4.78, 5) is 17.9. The van der Waals surface area contributed by atoms with Gasteiger partial charge in [-0.05, 0) is 48.9 Å². The average molecular weight is 471 g/mol. The normalized spacial score (nSPS) is 14.5. The fourth-order valence-corrected chi connectivity index (χ4v) is 4.52. The molecule has 33 heavy (non-hydrogen) atoms. The van der Waals surface area contributed by atoms with E-state index in [1.807, 2.05) is 18.2 Å². The van der Waals surface area contributed by atoms with Gasteiger partial charge >= 0.3 is 0 Å². The first-order chi connectivity index (χ1) is 15.5. The van der Waals surface area contributed by atoms with Crippen LogP contribution in [0.1, 0.15) is 72.4 Å². The van der Waals surface area contributed by atoms with Crippen LogP contribution in [-0.2, 0) is 28.7 Å². The third-order valence-corrected chi connectivity index (χ3v) is 6.95. The molecule has 0 spiro atoms. The Hall–Kier alpha value is -2.78. The van der Waals surface area contributed by atoms with Gasteiger partial charge in [-0.3, -0.25) is 4.79 Å². The number of nitrogens with zero attached hydrogens (tertiary/aromatic N) is 2. The fraction of sp³-hybridized carbons (Fsp3) is 0.458. The number of benzene rings is 1. The van der Waals surface area contributed by atoms with E-state index in [4.69, 9.17) is 4.52 Å². The third kappa shape index (κ3) is 5.78. The van der Waals surface area contributed by atoms with E-state index in [1.54, 1.807) is 12.1 Å². The van der Waals surface area contributed by atoms with Crippen molar-refractivity contribution in [2.24, 2.45) is 5.41 Å². The van der Waals surface area contributed by atoms with Crippen LogP contribution in [0, 0.1) is 5.41 Å². The summed E-state index contributed by atoms with van der Waals surface area (Å²) in [5.41, 5.74) is 4.12. The monoisotopic (exact) mass is 470 g/mol. The summed E-state index contributed by atoms with van der Waals surface area (Å²) in [6.07, 6.45) is 2.80. The van der Waals surface area contributed by atoms with E-state index in [9.17, 15) is 13.2 Å². The van der Waals surface area contributed by atoms with Gasteiger partial charge in [-0.1, -0.05) is 50.2 Å². The molecule has 0 radical (unpaired) electrons. The largest absolute Gasteiger partial charge is 0.348 e. The van der Waals surface area contributed by atoms with E-state index in [-0.39, 0.29) is 17.1 Å². The van der Waals surface area contributed by atoms with Gasteiger partial charge in [0.15, 0.2) is 0 Å². The number of aromatic nitrogens is 2. The number of sulfonamides is 1. The Labute approximate surface area is 194 Å². The molecule has 8 nitrogen and oxygen atoms in total. The molecule has 3 aromatic rings. The van der Waals surface area contributed by atoms with Crippen molar-refractivity contribution in [2.45, 2.75) is 58.2 Å². The Morgan fingerprint density at radius 3 is 2.42 bits per heavy atom. The Bertz CT molecular complexity index is 1270. The van der Waals surface area contributed by atoms with Gasteiger partial charge in [-0.15, -0.1) is 0 Å². The SMILES string of the molecule is CNS(=O)(=O)Cc1ccc(CNC(=O)c2cc(C3CC3)nc3onc(CC(C)(C)C)c23)cc1. The van der Waals surface area contributed by atoms with Gasteiger partial charge in [-0.2, -0.15) is 0 Å². The maximum atomic E-state index is 13.2. The van der Waals surface area contributed by atoms with Crippen LogP contribution >= 0.6 is 0 Å². The summed E-state index contributed by atoms with van der Waals surface area (Å²) in [6, 6.07) is 9.04. The Morgan fingerprint density at radius 1 is 1.15 bits per heavy atom. The van der Waals surface area contributed by atoms with Crippen molar-refractivity contribution in [3.8, 4) is 0 Å². The Morgan fingerprint density at radius 2 is 1.82 bits per heavy atom. The first-order valence-corrected chi connectivity index (χ1v) is 12.8. The second-order valence-corrected chi connectivity index (χ2v) is 11.8. The molecule has 0 saturated heterocycles. The highest BCUT2D eigenvalue weighted by Crippen LogP contribution is 2.41. The minimum Gasteiger partial charge on any atom is -0.348 e. The van der Waals surface area contributed by atoms with E-state index >= 15 is 0 Å². The zero-order chi connectivity index (χ0) is 23.8. The maximum Gasteiger partial charge on any atom is 0.259 e. The molecule has 1 aliphatic carbocycles. The summed E-state index contributed by atoms with van der Waals surface area (Å²) in [5, 5.41) is 7.90. The maximum absolute atomic E-state index is 13.2. The average Bonchev–Trinajstić information content (AvgIpc) is 3.53. The number of carbonyl (C=O) groups is 1. The lowest BCUT2D eigenvalue weighted by molar-refractivity contribution is 0.0952. The van der Waals surface area contributed by atoms with Gasteiger partial charge < -0.3 is 9.84 Å². The number of fused-ring (bicyclic) bond motifs is 1. The van der Waals surface area contributed by atoms with Crippen molar-refractivity contribution < 1.29 is 17.7 Å². The van der Waals surface area contributed by atoms with Crippen LogP contribution in [0.3, 0.4) is 0 Å². The van der Waals surface area contributed by atoms with Crippen LogP contribution in [0.15, 0.2) is 34.9 Å². The van der Waals surface area contributed by atoms with E-state index < -0.39 is 10.0 Å². The molecular formula is C24H30N4O4S. The molecule has 176 valence electrons. The summed E-state index contributed by atoms with van der Waals surface area (Å²) < 4.78 is 31.3. The van der Waals surface area contributed by atoms with Crippen molar-refractivity contribution in [1.82, 2.24) is 20.2 Å². The number of rotatable bonds is 8. The molecule has 0 bridgehead atoms. The van der Waals surface area contributed by atoms with Gasteiger partial charge in [0.2, 0.25) is 10.0 Å². The molecule has 2 aromatic heterocycles. The first-order valence-electron chi connectivity index (χ1n) is 11.1. The summed E-state index contributed by atoms with van der Waals surface area (Å²) in [7, 11) is -1.93. The minimum absolute atomic E-state index is 0.0186. The molecular weight excluding hydrogens is 440 g/mol. The molecule has 1 amide bonds. The molecule has 0 unspecified atom stereocenters. The van der Waals surface area contributed by atoms with Gasteiger partial charge in [0.05, 0.1) is 22.4 Å². The molecule has 2 N–H and O–H groups in total. The van der Waals surface area contributed by atoms with Crippen LogP contribution in [-0.4, -0.2) is 31.5 Å². The lowest BCUT2D eigenvalue weighted by Gasteiger charge is -2.16. The van der Waals surface area contributed by atoms with Crippen molar-refractivity contribution in [2.75, 3.05) is 7.05 Å². The van der Waals surface area contributed by atoms with Crippen LogP contribution in [0.25, 0.3) is 11.1 Å². The molecule has 1 aliphatic rings. The number of pyridine rings is 1. The number of hydrogen-bond donors (Lipinski definition) is 2. The zero-order valence-electron chi connectivity index (χ0n) is 19.4. The second kappa shape index (κ2) is 8.87. The quantitative estimate of drug-likeness (QED) is 0.519. The lowest BCUT2D eigenvalue weighted by Crippen LogP contribution is -2.24. The smallest absolute Gasteiger partial charge is 0.259 e. The highest BCUT2D eigenvalue weighted by molar-refractivity contribution is 7.88. The number of hydrogen-bond acceptors (Lipinski definition) is 6. The van der Waals surface area contributed by atoms with Gasteiger partial charge in [0, 0.05) is 18.2 Å². The highest BCUT2D eigenvalue weighted by Gasteiger charge is 2.30. The predicted molar refractivity (Wildman–Crippen MR) is 126 cm³/mol. The Balaban J connectivity index is 1.55. The van der Waals surface area contributed by atoms with E-state index in [0.717, 1.165) is 29.8 Å². The van der Waals surface area contributed by atoms with E-state index in [2.05, 4.69) is 41.0 Å². The van der Waals surface area contributed by atoms with Crippen molar-refractivity contribution in [3.63, 3.8) is 0 Å². The summed E-state index contributed by atoms with van der Waals surface area (Å²) >= 11 is 0. The second-order valence-electron chi connectivity index (χ2n) is 9.88. The molecule has 9 heteroatoms. The molecule has 1 aromatic carbocycles. The lowest BCUT2D eigenvalue weighted by atomic mass is 9.89. The van der Waals surface area contributed by atoms with E-state index in [1.165, 1.54) is 7.05 Å². The minimum atomic E-state index is -3.33. The first kappa shape index (κ1) is 23.4. The zero-order valence-corrected chi connectivity index (χ0v) is 20.3. The molecule has 0 aliphatic heterocycles. The molecule has 0 atom stereocenters. The van der Waals surface area contributed by atoms with Crippen LogP contribution in [0.4, 0.5) is 0 Å². The summed E-state index contributed by atoms with van der Waals surface area (Å²) in [5.74, 6) is 0.0853.